The van der Waals surface area contributed by atoms with Crippen LogP contribution in [0.3, 0.4) is 0 Å². The molecule has 1 aliphatic rings. The summed E-state index contributed by atoms with van der Waals surface area (Å²) in [6.45, 7) is 5.91. The first kappa shape index (κ1) is 28.8. The van der Waals surface area contributed by atoms with Crippen LogP contribution in [-0.4, -0.2) is 78.7 Å². The molecule has 0 unspecified atom stereocenters. The number of aliphatic carboxylic acids is 1. The lowest BCUT2D eigenvalue weighted by atomic mass is 9.79. The molecule has 0 bridgehead atoms. The van der Waals surface area contributed by atoms with Crippen molar-refractivity contribution in [2.45, 2.75) is 46.4 Å². The molecule has 1 aliphatic heterocycles. The summed E-state index contributed by atoms with van der Waals surface area (Å²) in [4.78, 5) is 40.9. The number of carbonyl (C=O) groups excluding carboxylic acids is 1. The second kappa shape index (κ2) is 12.3. The highest BCUT2D eigenvalue weighted by Crippen LogP contribution is 2.33. The van der Waals surface area contributed by atoms with Gasteiger partial charge in [-0.05, 0) is 37.0 Å². The molecule has 0 saturated carbocycles. The minimum atomic E-state index is -1.35. The van der Waals surface area contributed by atoms with Gasteiger partial charge in [0.25, 0.3) is 5.91 Å². The molecule has 2 aromatic carbocycles. The highest BCUT2D eigenvalue weighted by Gasteiger charge is 2.46. The molecule has 0 aliphatic carbocycles. The first-order valence-corrected chi connectivity index (χ1v) is 13.2. The van der Waals surface area contributed by atoms with Gasteiger partial charge in [-0.25, -0.2) is 9.48 Å². The number of amides is 2. The average Bonchev–Trinajstić information content (AvgIpc) is 3.35. The number of rotatable bonds is 10. The number of hydrogen-bond acceptors (Lipinski definition) is 6. The summed E-state index contributed by atoms with van der Waals surface area (Å²) in [7, 11) is 0. The lowest BCUT2D eigenvalue weighted by Crippen LogP contribution is -2.59. The number of hydrogen-bond donors (Lipinski definition) is 2. The van der Waals surface area contributed by atoms with E-state index in [1.54, 1.807) is 9.58 Å². The monoisotopic (exact) mass is 549 g/mol. The van der Waals surface area contributed by atoms with E-state index in [2.05, 4.69) is 10.3 Å². The maximum Gasteiger partial charge on any atom is 0.407 e. The molecule has 2 N–H and O–H groups in total. The Morgan fingerprint density at radius 2 is 1.70 bits per heavy atom. The molecule has 0 spiro atoms. The molecular formula is C29H35N5O6. The van der Waals surface area contributed by atoms with Gasteiger partial charge < -0.3 is 24.7 Å². The maximum absolute atomic E-state index is 14.2. The Morgan fingerprint density at radius 3 is 2.30 bits per heavy atom. The van der Waals surface area contributed by atoms with Crippen molar-refractivity contribution in [1.29, 1.82) is 0 Å². The van der Waals surface area contributed by atoms with Crippen molar-refractivity contribution in [3.05, 3.63) is 77.6 Å². The van der Waals surface area contributed by atoms with E-state index in [0.29, 0.717) is 18.0 Å². The SMILES string of the molecule is CC(C)CN(C(=O)c1nnn(-c2ccccc2)c1COCc1ccccc1)[C@@H]1CN(C(=O)O)C[C@](C)(C(=O)O)C1. The van der Waals surface area contributed by atoms with Crippen molar-refractivity contribution >= 4 is 18.0 Å². The number of carboxylic acid groups (broad SMARTS) is 2. The fourth-order valence-electron chi connectivity index (χ4n) is 5.04. The van der Waals surface area contributed by atoms with Crippen LogP contribution in [0.1, 0.15) is 48.9 Å². The normalized spacial score (nSPS) is 19.0. The third-order valence-corrected chi connectivity index (χ3v) is 7.02. The van der Waals surface area contributed by atoms with E-state index in [1.165, 1.54) is 6.92 Å². The Hall–Kier alpha value is -4.25. The van der Waals surface area contributed by atoms with Gasteiger partial charge in [-0.2, -0.15) is 0 Å². The molecule has 40 heavy (non-hydrogen) atoms. The molecule has 2 heterocycles. The lowest BCUT2D eigenvalue weighted by molar-refractivity contribution is -0.152. The van der Waals surface area contributed by atoms with Crippen LogP contribution in [0.2, 0.25) is 0 Å². The van der Waals surface area contributed by atoms with E-state index in [1.807, 2.05) is 74.5 Å². The van der Waals surface area contributed by atoms with Crippen molar-refractivity contribution in [3.8, 4) is 5.69 Å². The summed E-state index contributed by atoms with van der Waals surface area (Å²) >= 11 is 0. The van der Waals surface area contributed by atoms with Crippen LogP contribution >= 0.6 is 0 Å². The molecule has 4 rings (SSSR count). The van der Waals surface area contributed by atoms with Gasteiger partial charge in [0.2, 0.25) is 0 Å². The summed E-state index contributed by atoms with van der Waals surface area (Å²) in [6, 6.07) is 18.3. The molecule has 1 aromatic heterocycles. The van der Waals surface area contributed by atoms with Crippen molar-refractivity contribution in [1.82, 2.24) is 24.8 Å². The zero-order chi connectivity index (χ0) is 28.9. The molecular weight excluding hydrogens is 514 g/mol. The number of ether oxygens (including phenoxy) is 1. The van der Waals surface area contributed by atoms with Crippen molar-refractivity contribution in [2.75, 3.05) is 19.6 Å². The summed E-state index contributed by atoms with van der Waals surface area (Å²) in [5.41, 5.74) is 0.866. The molecule has 1 saturated heterocycles. The van der Waals surface area contributed by atoms with Crippen LogP contribution in [0.25, 0.3) is 5.69 Å². The molecule has 1 fully saturated rings. The molecule has 11 heteroatoms. The summed E-state index contributed by atoms with van der Waals surface area (Å²) in [6.07, 6.45) is -1.11. The number of aromatic nitrogens is 3. The average molecular weight is 550 g/mol. The topological polar surface area (TPSA) is 138 Å². The molecule has 3 aromatic rings. The Balaban J connectivity index is 1.69. The molecule has 0 radical (unpaired) electrons. The fraction of sp³-hybridized carbons (Fsp3) is 0.414. The van der Waals surface area contributed by atoms with Gasteiger partial charge in [0.1, 0.15) is 5.69 Å². The summed E-state index contributed by atoms with van der Waals surface area (Å²) in [5.74, 6) is -1.52. The van der Waals surface area contributed by atoms with Gasteiger partial charge in [0.15, 0.2) is 5.69 Å². The van der Waals surface area contributed by atoms with Crippen LogP contribution in [0.15, 0.2) is 60.7 Å². The van der Waals surface area contributed by atoms with Crippen LogP contribution in [0, 0.1) is 11.3 Å². The minimum absolute atomic E-state index is 0.00330. The second-order valence-electron chi connectivity index (χ2n) is 10.8. The standard InChI is InChI=1S/C29H35N5O6/c1-20(2)15-33(23-14-29(3,27(36)37)19-32(16-23)28(38)39)26(35)25-24(18-40-17-21-10-6-4-7-11-21)34(31-30-25)22-12-8-5-9-13-22/h4-13,20,23H,14-19H2,1-3H3,(H,36,37)(H,38,39)/t23-,29+/m0/s1. The van der Waals surface area contributed by atoms with Crippen LogP contribution < -0.4 is 0 Å². The predicted octanol–water partition coefficient (Wildman–Crippen LogP) is 3.93. The van der Waals surface area contributed by atoms with E-state index in [9.17, 15) is 24.6 Å². The first-order chi connectivity index (χ1) is 19.1. The minimum Gasteiger partial charge on any atom is -0.481 e. The van der Waals surface area contributed by atoms with Crippen molar-refractivity contribution < 1.29 is 29.3 Å². The van der Waals surface area contributed by atoms with E-state index >= 15 is 0 Å². The fourth-order valence-corrected chi connectivity index (χ4v) is 5.04. The smallest absolute Gasteiger partial charge is 0.407 e. The first-order valence-electron chi connectivity index (χ1n) is 13.2. The number of piperidine rings is 1. The zero-order valence-corrected chi connectivity index (χ0v) is 22.9. The van der Waals surface area contributed by atoms with E-state index < -0.39 is 29.4 Å². The van der Waals surface area contributed by atoms with E-state index in [0.717, 1.165) is 10.5 Å². The third kappa shape index (κ3) is 6.48. The summed E-state index contributed by atoms with van der Waals surface area (Å²) in [5, 5.41) is 28.2. The van der Waals surface area contributed by atoms with Gasteiger partial charge in [0.05, 0.1) is 30.4 Å². The number of para-hydroxylation sites is 1. The van der Waals surface area contributed by atoms with Crippen molar-refractivity contribution in [3.63, 3.8) is 0 Å². The highest BCUT2D eigenvalue weighted by molar-refractivity contribution is 5.94. The van der Waals surface area contributed by atoms with Crippen LogP contribution in [0.4, 0.5) is 4.79 Å². The molecule has 2 amide bonds. The molecule has 11 nitrogen and oxygen atoms in total. The zero-order valence-electron chi connectivity index (χ0n) is 22.9. The highest BCUT2D eigenvalue weighted by atomic mass is 16.5. The Labute approximate surface area is 233 Å². The number of benzene rings is 2. The number of carbonyl (C=O) groups is 3. The Kier molecular flexibility index (Phi) is 8.83. The van der Waals surface area contributed by atoms with Gasteiger partial charge in [-0.1, -0.05) is 67.6 Å². The van der Waals surface area contributed by atoms with Crippen LogP contribution in [0.5, 0.6) is 0 Å². The predicted molar refractivity (Wildman–Crippen MR) is 146 cm³/mol. The van der Waals surface area contributed by atoms with Gasteiger partial charge in [-0.3, -0.25) is 9.59 Å². The lowest BCUT2D eigenvalue weighted by Gasteiger charge is -2.45. The number of likely N-dealkylation sites (tertiary alicyclic amines) is 1. The second-order valence-corrected chi connectivity index (χ2v) is 10.8. The van der Waals surface area contributed by atoms with Crippen LogP contribution in [-0.2, 0) is 22.7 Å². The van der Waals surface area contributed by atoms with Crippen molar-refractivity contribution in [2.24, 2.45) is 11.3 Å². The Morgan fingerprint density at radius 1 is 1.05 bits per heavy atom. The van der Waals surface area contributed by atoms with E-state index in [4.69, 9.17) is 4.74 Å². The quantitative estimate of drug-likeness (QED) is 0.388. The number of nitrogens with zero attached hydrogens (tertiary/aromatic N) is 5. The molecule has 212 valence electrons. The van der Waals surface area contributed by atoms with Gasteiger partial charge in [0, 0.05) is 19.6 Å². The van der Waals surface area contributed by atoms with E-state index in [-0.39, 0.29) is 44.3 Å². The largest absolute Gasteiger partial charge is 0.481 e. The van der Waals surface area contributed by atoms with Gasteiger partial charge >= 0.3 is 12.1 Å². The Bertz CT molecular complexity index is 1330. The third-order valence-electron chi connectivity index (χ3n) is 7.02. The summed E-state index contributed by atoms with van der Waals surface area (Å²) < 4.78 is 7.57. The van der Waals surface area contributed by atoms with Gasteiger partial charge in [-0.15, -0.1) is 5.10 Å². The molecule has 2 atom stereocenters. The maximum atomic E-state index is 14.2. The number of carboxylic acids is 1.